The molecule has 1 saturated heterocycles. The van der Waals surface area contributed by atoms with Crippen molar-refractivity contribution in [1.29, 1.82) is 0 Å². The number of pyridine rings is 1. The fourth-order valence-electron chi connectivity index (χ4n) is 3.60. The minimum atomic E-state index is -0.0453. The topological polar surface area (TPSA) is 60.9 Å². The zero-order valence-electron chi connectivity index (χ0n) is 17.1. The number of amides is 1. The molecule has 0 aliphatic carbocycles. The predicted octanol–water partition coefficient (Wildman–Crippen LogP) is 3.95. The first kappa shape index (κ1) is 19.8. The molecule has 0 spiro atoms. The Morgan fingerprint density at radius 3 is 2.73 bits per heavy atom. The van der Waals surface area contributed by atoms with Crippen molar-refractivity contribution in [1.82, 2.24) is 9.88 Å². The summed E-state index contributed by atoms with van der Waals surface area (Å²) in [6.45, 7) is 1.22. The van der Waals surface area contributed by atoms with Gasteiger partial charge < -0.3 is 19.1 Å². The number of rotatable bonds is 6. The van der Waals surface area contributed by atoms with Gasteiger partial charge in [0.1, 0.15) is 17.4 Å². The van der Waals surface area contributed by atoms with Crippen LogP contribution in [0.25, 0.3) is 17.0 Å². The number of hydrogen-bond donors (Lipinski definition) is 0. The highest BCUT2D eigenvalue weighted by Gasteiger charge is 2.27. The van der Waals surface area contributed by atoms with Gasteiger partial charge in [-0.15, -0.1) is 0 Å². The van der Waals surface area contributed by atoms with Gasteiger partial charge in [0, 0.05) is 30.6 Å². The Hall–Kier alpha value is -3.54. The van der Waals surface area contributed by atoms with Crippen LogP contribution in [0.4, 0.5) is 0 Å². The van der Waals surface area contributed by atoms with Crippen LogP contribution in [0, 0.1) is 0 Å². The van der Waals surface area contributed by atoms with Crippen molar-refractivity contribution in [2.45, 2.75) is 12.5 Å². The van der Waals surface area contributed by atoms with Gasteiger partial charge in [-0.3, -0.25) is 9.78 Å². The van der Waals surface area contributed by atoms with Gasteiger partial charge >= 0.3 is 0 Å². The molecule has 1 aliphatic heterocycles. The van der Waals surface area contributed by atoms with E-state index in [0.717, 1.165) is 28.6 Å². The summed E-state index contributed by atoms with van der Waals surface area (Å²) in [5, 5.41) is 1.04. The molecule has 6 nitrogen and oxygen atoms in total. The fourth-order valence-corrected chi connectivity index (χ4v) is 3.60. The van der Waals surface area contributed by atoms with Crippen molar-refractivity contribution in [2.75, 3.05) is 27.3 Å². The second-order valence-corrected chi connectivity index (χ2v) is 7.09. The molecule has 6 heteroatoms. The van der Waals surface area contributed by atoms with E-state index >= 15 is 0 Å². The average molecular weight is 404 g/mol. The first-order chi connectivity index (χ1) is 14.7. The van der Waals surface area contributed by atoms with Crippen LogP contribution in [0.15, 0.2) is 60.8 Å². The number of nitrogens with zero attached hydrogens (tertiary/aromatic N) is 2. The van der Waals surface area contributed by atoms with E-state index in [1.807, 2.05) is 48.5 Å². The summed E-state index contributed by atoms with van der Waals surface area (Å²) in [6, 6.07) is 15.4. The number of likely N-dealkylation sites (tertiary alicyclic amines) is 1. The van der Waals surface area contributed by atoms with Gasteiger partial charge in [0.25, 0.3) is 0 Å². The molecular weight excluding hydrogens is 380 g/mol. The third-order valence-electron chi connectivity index (χ3n) is 5.17. The quantitative estimate of drug-likeness (QED) is 0.583. The van der Waals surface area contributed by atoms with E-state index in [4.69, 9.17) is 14.2 Å². The lowest BCUT2D eigenvalue weighted by atomic mass is 10.2. The predicted molar refractivity (Wildman–Crippen MR) is 116 cm³/mol. The molecular formula is C24H24N2O4. The monoisotopic (exact) mass is 404 g/mol. The number of fused-ring (bicyclic) bond motifs is 1. The summed E-state index contributed by atoms with van der Waals surface area (Å²) in [4.78, 5) is 18.9. The highest BCUT2D eigenvalue weighted by atomic mass is 16.5. The highest BCUT2D eigenvalue weighted by molar-refractivity contribution is 5.92. The minimum absolute atomic E-state index is 0.0353. The number of benzene rings is 2. The Kier molecular flexibility index (Phi) is 5.84. The Morgan fingerprint density at radius 2 is 1.90 bits per heavy atom. The standard InChI is InChI=1S/C24H24N2O4/c1-28-20-10-8-17(15-22(20)29-2)9-11-23(27)26-14-12-19(16-26)30-21-7-3-5-18-6-4-13-25-24(18)21/h3-11,13,15,19H,12,14,16H2,1-2H3/b11-9+. The van der Waals surface area contributed by atoms with E-state index in [2.05, 4.69) is 4.98 Å². The first-order valence-corrected chi connectivity index (χ1v) is 9.87. The maximum absolute atomic E-state index is 12.6. The molecule has 3 aromatic rings. The average Bonchev–Trinajstić information content (AvgIpc) is 3.26. The summed E-state index contributed by atoms with van der Waals surface area (Å²) >= 11 is 0. The molecule has 0 saturated carbocycles. The lowest BCUT2D eigenvalue weighted by molar-refractivity contribution is -0.125. The second-order valence-electron chi connectivity index (χ2n) is 7.09. The molecule has 1 aromatic heterocycles. The van der Waals surface area contributed by atoms with Crippen LogP contribution in [0.5, 0.6) is 17.2 Å². The van der Waals surface area contributed by atoms with E-state index in [9.17, 15) is 4.79 Å². The van der Waals surface area contributed by atoms with Gasteiger partial charge in [0.15, 0.2) is 11.5 Å². The molecule has 0 radical (unpaired) electrons. The molecule has 30 heavy (non-hydrogen) atoms. The molecule has 0 bridgehead atoms. The fraction of sp³-hybridized carbons (Fsp3) is 0.250. The zero-order valence-corrected chi connectivity index (χ0v) is 17.1. The lowest BCUT2D eigenvalue weighted by Crippen LogP contribution is -2.29. The molecule has 1 fully saturated rings. The van der Waals surface area contributed by atoms with Crippen LogP contribution in [0.1, 0.15) is 12.0 Å². The van der Waals surface area contributed by atoms with E-state index < -0.39 is 0 Å². The maximum atomic E-state index is 12.6. The number of hydrogen-bond acceptors (Lipinski definition) is 5. The normalized spacial score (nSPS) is 16.2. The van der Waals surface area contributed by atoms with Crippen molar-refractivity contribution in [3.8, 4) is 17.2 Å². The van der Waals surface area contributed by atoms with Crippen LogP contribution in [-0.4, -0.2) is 49.2 Å². The molecule has 2 aromatic carbocycles. The number of methoxy groups -OCH3 is 2. The number of carbonyl (C=O) groups excluding carboxylic acids is 1. The number of carbonyl (C=O) groups is 1. The first-order valence-electron chi connectivity index (χ1n) is 9.87. The van der Waals surface area contributed by atoms with Crippen molar-refractivity contribution < 1.29 is 19.0 Å². The largest absolute Gasteiger partial charge is 0.493 e. The summed E-state index contributed by atoms with van der Waals surface area (Å²) in [5.41, 5.74) is 1.72. The van der Waals surface area contributed by atoms with Crippen LogP contribution >= 0.6 is 0 Å². The Labute approximate surface area is 175 Å². The summed E-state index contributed by atoms with van der Waals surface area (Å²) in [6.07, 6.45) is 5.88. The number of aromatic nitrogens is 1. The van der Waals surface area contributed by atoms with Crippen LogP contribution < -0.4 is 14.2 Å². The summed E-state index contributed by atoms with van der Waals surface area (Å²) < 4.78 is 16.7. The third kappa shape index (κ3) is 4.22. The lowest BCUT2D eigenvalue weighted by Gasteiger charge is -2.16. The molecule has 0 N–H and O–H groups in total. The summed E-state index contributed by atoms with van der Waals surface area (Å²) in [7, 11) is 3.18. The molecule has 1 amide bonds. The van der Waals surface area contributed by atoms with Gasteiger partial charge in [-0.2, -0.15) is 0 Å². The number of ether oxygens (including phenoxy) is 3. The van der Waals surface area contributed by atoms with Crippen molar-refractivity contribution in [3.63, 3.8) is 0 Å². The third-order valence-corrected chi connectivity index (χ3v) is 5.17. The van der Waals surface area contributed by atoms with E-state index in [-0.39, 0.29) is 12.0 Å². The molecule has 1 atom stereocenters. The van der Waals surface area contributed by atoms with Crippen LogP contribution in [0.3, 0.4) is 0 Å². The second kappa shape index (κ2) is 8.86. The molecule has 4 rings (SSSR count). The van der Waals surface area contributed by atoms with E-state index in [1.165, 1.54) is 0 Å². The van der Waals surface area contributed by atoms with Crippen LogP contribution in [-0.2, 0) is 4.79 Å². The highest BCUT2D eigenvalue weighted by Crippen LogP contribution is 2.28. The van der Waals surface area contributed by atoms with Gasteiger partial charge in [0.05, 0.1) is 20.8 Å². The van der Waals surface area contributed by atoms with Gasteiger partial charge in [-0.05, 0) is 35.9 Å². The Balaban J connectivity index is 1.39. The van der Waals surface area contributed by atoms with Crippen molar-refractivity contribution in [2.24, 2.45) is 0 Å². The van der Waals surface area contributed by atoms with Crippen LogP contribution in [0.2, 0.25) is 0 Å². The van der Waals surface area contributed by atoms with Gasteiger partial charge in [-0.25, -0.2) is 0 Å². The molecule has 1 unspecified atom stereocenters. The van der Waals surface area contributed by atoms with Gasteiger partial charge in [0.2, 0.25) is 5.91 Å². The zero-order chi connectivity index (χ0) is 20.9. The summed E-state index contributed by atoms with van der Waals surface area (Å²) in [5.74, 6) is 2.01. The minimum Gasteiger partial charge on any atom is -0.493 e. The number of para-hydroxylation sites is 1. The Bertz CT molecular complexity index is 1070. The van der Waals surface area contributed by atoms with Crippen molar-refractivity contribution in [3.05, 3.63) is 66.4 Å². The molecule has 1 aliphatic rings. The molecule has 154 valence electrons. The van der Waals surface area contributed by atoms with E-state index in [0.29, 0.717) is 24.6 Å². The van der Waals surface area contributed by atoms with Crippen molar-refractivity contribution >= 4 is 22.9 Å². The SMILES string of the molecule is COc1ccc(/C=C/C(=O)N2CCC(Oc3cccc4cccnc34)C2)cc1OC. The van der Waals surface area contributed by atoms with Gasteiger partial charge in [-0.1, -0.05) is 24.3 Å². The Morgan fingerprint density at radius 1 is 1.07 bits per heavy atom. The maximum Gasteiger partial charge on any atom is 0.246 e. The molecule has 2 heterocycles. The van der Waals surface area contributed by atoms with E-state index in [1.54, 1.807) is 37.5 Å². The smallest absolute Gasteiger partial charge is 0.246 e.